The highest BCUT2D eigenvalue weighted by atomic mass is 32.2. The summed E-state index contributed by atoms with van der Waals surface area (Å²) in [5.74, 6) is 2.60. The minimum Gasteiger partial charge on any atom is -0.440 e. The summed E-state index contributed by atoms with van der Waals surface area (Å²) < 4.78 is 68.5. The first-order chi connectivity index (χ1) is 13.3. The molecular formula is C20H22F3NO4S. The Morgan fingerprint density at radius 3 is 2.31 bits per heavy atom. The summed E-state index contributed by atoms with van der Waals surface area (Å²) in [6.45, 7) is 4.08. The third kappa shape index (κ3) is 6.91. The van der Waals surface area contributed by atoms with Gasteiger partial charge in [0, 0.05) is 6.54 Å². The van der Waals surface area contributed by atoms with Crippen LogP contribution in [-0.4, -0.2) is 43.6 Å². The molecule has 158 valence electrons. The zero-order valence-electron chi connectivity index (χ0n) is 16.3. The average molecular weight is 429 g/mol. The molecule has 5 nitrogen and oxygen atoms in total. The van der Waals surface area contributed by atoms with E-state index in [9.17, 15) is 26.4 Å². The van der Waals surface area contributed by atoms with Crippen LogP contribution in [0.15, 0.2) is 40.8 Å². The standard InChI is InChI=1S/C20H22F3NO4S/c1-15-5-9-17(10-6-15)29(26,27)24(14-11-16-7-8-16)13-4-12-19(2,3)28-18(25)20(21,22)23/h5-6,9-11H,7-8,13-14H2,1-3H3. The summed E-state index contributed by atoms with van der Waals surface area (Å²) >= 11 is 0. The van der Waals surface area contributed by atoms with E-state index >= 15 is 0 Å². The maximum Gasteiger partial charge on any atom is 0.490 e. The minimum absolute atomic E-state index is 0.0989. The van der Waals surface area contributed by atoms with Gasteiger partial charge in [-0.05, 0) is 45.7 Å². The fourth-order valence-corrected chi connectivity index (χ4v) is 3.55. The monoisotopic (exact) mass is 429 g/mol. The third-order valence-corrected chi connectivity index (χ3v) is 5.83. The maximum absolute atomic E-state index is 12.9. The van der Waals surface area contributed by atoms with Crippen LogP contribution in [0.5, 0.6) is 0 Å². The molecule has 0 N–H and O–H groups in total. The van der Waals surface area contributed by atoms with Gasteiger partial charge in [0.1, 0.15) is 0 Å². The molecule has 0 saturated heterocycles. The van der Waals surface area contributed by atoms with Crippen molar-refractivity contribution in [1.82, 2.24) is 4.31 Å². The van der Waals surface area contributed by atoms with Gasteiger partial charge in [0.25, 0.3) is 0 Å². The van der Waals surface area contributed by atoms with Gasteiger partial charge in [-0.1, -0.05) is 41.2 Å². The topological polar surface area (TPSA) is 63.7 Å². The molecule has 0 heterocycles. The van der Waals surface area contributed by atoms with E-state index in [1.54, 1.807) is 12.1 Å². The van der Waals surface area contributed by atoms with E-state index in [0.29, 0.717) is 0 Å². The molecular weight excluding hydrogens is 407 g/mol. The first kappa shape index (κ1) is 23.0. The quantitative estimate of drug-likeness (QED) is 0.394. The molecule has 9 heteroatoms. The van der Waals surface area contributed by atoms with Crippen molar-refractivity contribution in [3.63, 3.8) is 0 Å². The lowest BCUT2D eigenvalue weighted by Gasteiger charge is -2.21. The van der Waals surface area contributed by atoms with Crippen LogP contribution in [-0.2, 0) is 19.6 Å². The molecule has 0 amide bonds. The Morgan fingerprint density at radius 2 is 1.79 bits per heavy atom. The van der Waals surface area contributed by atoms with E-state index in [1.807, 2.05) is 13.0 Å². The van der Waals surface area contributed by atoms with Crippen molar-refractivity contribution in [2.45, 2.75) is 50.3 Å². The van der Waals surface area contributed by atoms with E-state index in [-0.39, 0.29) is 18.0 Å². The number of halogens is 3. The van der Waals surface area contributed by atoms with Crippen LogP contribution < -0.4 is 0 Å². The fraction of sp³-hybridized carbons (Fsp3) is 0.450. The van der Waals surface area contributed by atoms with Crippen LogP contribution in [0.25, 0.3) is 0 Å². The number of sulfonamides is 1. The van der Waals surface area contributed by atoms with E-state index in [4.69, 9.17) is 0 Å². The summed E-state index contributed by atoms with van der Waals surface area (Å²) in [5.41, 5.74) is 0.325. The molecule has 0 bridgehead atoms. The Hall–Kier alpha value is -2.31. The highest BCUT2D eigenvalue weighted by Crippen LogP contribution is 2.28. The highest BCUT2D eigenvalue weighted by Gasteiger charge is 2.43. The molecule has 0 atom stereocenters. The highest BCUT2D eigenvalue weighted by molar-refractivity contribution is 7.89. The number of benzene rings is 1. The SMILES string of the molecule is Cc1ccc(S(=O)(=O)N(CC#CC(C)(C)OC(=O)C(F)(F)F)CC=C2CC2)cc1. The Morgan fingerprint density at radius 1 is 1.21 bits per heavy atom. The van der Waals surface area contributed by atoms with Crippen molar-refractivity contribution in [3.8, 4) is 11.8 Å². The lowest BCUT2D eigenvalue weighted by molar-refractivity contribution is -0.207. The van der Waals surface area contributed by atoms with Gasteiger partial charge in [-0.15, -0.1) is 0 Å². The maximum atomic E-state index is 12.9. The van der Waals surface area contributed by atoms with Gasteiger partial charge in [-0.3, -0.25) is 0 Å². The van der Waals surface area contributed by atoms with E-state index in [0.717, 1.165) is 28.3 Å². The second-order valence-electron chi connectivity index (χ2n) is 7.17. The molecule has 1 fully saturated rings. The van der Waals surface area contributed by atoms with Gasteiger partial charge in [0.05, 0.1) is 11.4 Å². The molecule has 0 aliphatic heterocycles. The molecule has 1 aliphatic carbocycles. The number of hydrogen-bond donors (Lipinski definition) is 0. The van der Waals surface area contributed by atoms with Crippen LogP contribution >= 0.6 is 0 Å². The Kier molecular flexibility index (Phi) is 6.81. The van der Waals surface area contributed by atoms with Gasteiger partial charge in [-0.2, -0.15) is 17.5 Å². The first-order valence-corrected chi connectivity index (χ1v) is 10.3. The second kappa shape index (κ2) is 8.59. The molecule has 1 aromatic rings. The molecule has 0 spiro atoms. The van der Waals surface area contributed by atoms with E-state index in [2.05, 4.69) is 16.6 Å². The second-order valence-corrected chi connectivity index (χ2v) is 9.11. The normalized spacial score (nSPS) is 14.2. The summed E-state index contributed by atoms with van der Waals surface area (Å²) in [6.07, 6.45) is -1.48. The van der Waals surface area contributed by atoms with Crippen molar-refractivity contribution < 1.29 is 31.1 Å². The number of ether oxygens (including phenoxy) is 1. The minimum atomic E-state index is -5.13. The third-order valence-electron chi connectivity index (χ3n) is 4.01. The van der Waals surface area contributed by atoms with Crippen molar-refractivity contribution in [2.75, 3.05) is 13.1 Å². The zero-order chi connectivity index (χ0) is 21.9. The molecule has 0 aromatic heterocycles. The number of aryl methyl sites for hydroxylation is 1. The van der Waals surface area contributed by atoms with Crippen LogP contribution in [0.3, 0.4) is 0 Å². The molecule has 2 rings (SSSR count). The molecule has 0 unspecified atom stereocenters. The van der Waals surface area contributed by atoms with E-state index in [1.165, 1.54) is 26.0 Å². The number of hydrogen-bond acceptors (Lipinski definition) is 4. The summed E-state index contributed by atoms with van der Waals surface area (Å²) in [7, 11) is -3.85. The number of alkyl halides is 3. The van der Waals surface area contributed by atoms with E-state index < -0.39 is 27.8 Å². The van der Waals surface area contributed by atoms with Gasteiger partial charge < -0.3 is 4.74 Å². The molecule has 1 aromatic carbocycles. The largest absolute Gasteiger partial charge is 0.490 e. The molecule has 1 saturated carbocycles. The fourth-order valence-electron chi connectivity index (χ4n) is 2.27. The van der Waals surface area contributed by atoms with Crippen LogP contribution in [0.4, 0.5) is 13.2 Å². The number of nitrogens with zero attached hydrogens (tertiary/aromatic N) is 1. The van der Waals surface area contributed by atoms with Gasteiger partial charge in [0.15, 0.2) is 5.60 Å². The van der Waals surface area contributed by atoms with Crippen LogP contribution in [0.2, 0.25) is 0 Å². The first-order valence-electron chi connectivity index (χ1n) is 8.86. The van der Waals surface area contributed by atoms with Gasteiger partial charge in [0.2, 0.25) is 10.0 Å². The number of esters is 1. The Balaban J connectivity index is 2.19. The van der Waals surface area contributed by atoms with Gasteiger partial charge >= 0.3 is 12.1 Å². The zero-order valence-corrected chi connectivity index (χ0v) is 17.2. The number of carbonyl (C=O) groups excluding carboxylic acids is 1. The number of allylic oxidation sites excluding steroid dienone is 1. The number of rotatable bonds is 6. The molecule has 29 heavy (non-hydrogen) atoms. The summed E-state index contributed by atoms with van der Waals surface area (Å²) in [4.78, 5) is 11.1. The van der Waals surface area contributed by atoms with Crippen molar-refractivity contribution >= 4 is 16.0 Å². The number of carbonyl (C=O) groups is 1. The van der Waals surface area contributed by atoms with Crippen molar-refractivity contribution in [1.29, 1.82) is 0 Å². The lowest BCUT2D eigenvalue weighted by atomic mass is 10.1. The Labute approximate surface area is 168 Å². The average Bonchev–Trinajstić information content (AvgIpc) is 3.41. The molecule has 1 aliphatic rings. The lowest BCUT2D eigenvalue weighted by Crippen LogP contribution is -2.35. The van der Waals surface area contributed by atoms with Crippen molar-refractivity contribution in [2.24, 2.45) is 0 Å². The molecule has 0 radical (unpaired) electrons. The van der Waals surface area contributed by atoms with Crippen molar-refractivity contribution in [3.05, 3.63) is 41.5 Å². The van der Waals surface area contributed by atoms with Crippen LogP contribution in [0, 0.1) is 18.8 Å². The summed E-state index contributed by atoms with van der Waals surface area (Å²) in [5, 5.41) is 0. The Bertz CT molecular complexity index is 946. The van der Waals surface area contributed by atoms with Gasteiger partial charge in [-0.25, -0.2) is 13.2 Å². The smallest absolute Gasteiger partial charge is 0.440 e. The van der Waals surface area contributed by atoms with Crippen LogP contribution in [0.1, 0.15) is 32.3 Å². The predicted octanol–water partition coefficient (Wildman–Crippen LogP) is 3.59. The predicted molar refractivity (Wildman–Crippen MR) is 101 cm³/mol. The summed E-state index contributed by atoms with van der Waals surface area (Å²) in [6, 6.07) is 6.33.